The lowest BCUT2D eigenvalue weighted by molar-refractivity contribution is -0.145. The van der Waals surface area contributed by atoms with E-state index in [1.165, 1.54) is 39.0 Å². The van der Waals surface area contributed by atoms with Gasteiger partial charge in [-0.05, 0) is 39.0 Å². The molecule has 0 amide bonds. The van der Waals surface area contributed by atoms with E-state index in [9.17, 15) is 4.79 Å². The van der Waals surface area contributed by atoms with Gasteiger partial charge in [-0.3, -0.25) is 4.79 Å². The smallest absolute Gasteiger partial charge is 0.302 e. The van der Waals surface area contributed by atoms with Crippen LogP contribution in [0.5, 0.6) is 0 Å². The number of rotatable bonds is 10. The first-order valence-corrected chi connectivity index (χ1v) is 7.14. The molecule has 2 nitrogen and oxygen atoms in total. The van der Waals surface area contributed by atoms with Gasteiger partial charge in [-0.15, -0.1) is 0 Å². The summed E-state index contributed by atoms with van der Waals surface area (Å²) in [4.78, 5) is 10.7. The van der Waals surface area contributed by atoms with Crippen LogP contribution in [0.2, 0.25) is 0 Å². The highest BCUT2D eigenvalue weighted by Crippen LogP contribution is 2.05. The summed E-state index contributed by atoms with van der Waals surface area (Å²) < 4.78 is 5.03. The highest BCUT2D eigenvalue weighted by atomic mass is 16.5. The zero-order valence-corrected chi connectivity index (χ0v) is 12.2. The summed E-state index contributed by atoms with van der Waals surface area (Å²) in [5.41, 5.74) is 0. The molecule has 0 aromatic carbocycles. The number of allylic oxidation sites excluding steroid dienone is 3. The van der Waals surface area contributed by atoms with Gasteiger partial charge in [0, 0.05) is 13.3 Å². The van der Waals surface area contributed by atoms with E-state index < -0.39 is 0 Å². The third-order valence-corrected chi connectivity index (χ3v) is 2.62. The van der Waals surface area contributed by atoms with E-state index in [-0.39, 0.29) is 12.1 Å². The topological polar surface area (TPSA) is 26.3 Å². The Morgan fingerprint density at radius 1 is 1.06 bits per heavy atom. The number of esters is 1. The number of ether oxygens (including phenoxy) is 1. The average Bonchev–Trinajstić information content (AvgIpc) is 2.30. The van der Waals surface area contributed by atoms with Gasteiger partial charge in [0.2, 0.25) is 0 Å². The van der Waals surface area contributed by atoms with Gasteiger partial charge in [0.15, 0.2) is 0 Å². The Bertz CT molecular complexity index is 254. The molecule has 18 heavy (non-hydrogen) atoms. The van der Waals surface area contributed by atoms with Crippen molar-refractivity contribution in [2.75, 3.05) is 0 Å². The normalized spacial score (nSPS) is 13.3. The van der Waals surface area contributed by atoms with Crippen LogP contribution in [0, 0.1) is 0 Å². The Labute approximate surface area is 112 Å². The van der Waals surface area contributed by atoms with E-state index in [0.29, 0.717) is 0 Å². The number of carbonyl (C=O) groups excluding carboxylic acids is 1. The van der Waals surface area contributed by atoms with Crippen molar-refractivity contribution in [1.29, 1.82) is 0 Å². The molecule has 2 heteroatoms. The third-order valence-electron chi connectivity index (χ3n) is 2.62. The van der Waals surface area contributed by atoms with E-state index in [1.54, 1.807) is 0 Å². The van der Waals surface area contributed by atoms with Gasteiger partial charge in [-0.1, -0.05) is 37.6 Å². The molecule has 0 bridgehead atoms. The van der Waals surface area contributed by atoms with Crippen LogP contribution in [0.4, 0.5) is 0 Å². The highest BCUT2D eigenvalue weighted by Gasteiger charge is 2.01. The predicted molar refractivity (Wildman–Crippen MR) is 77.5 cm³/mol. The van der Waals surface area contributed by atoms with Crippen LogP contribution in [-0.4, -0.2) is 12.1 Å². The molecule has 0 aromatic rings. The van der Waals surface area contributed by atoms with Crippen LogP contribution in [0.15, 0.2) is 24.3 Å². The lowest BCUT2D eigenvalue weighted by atomic mass is 10.1. The summed E-state index contributed by atoms with van der Waals surface area (Å²) in [6.07, 6.45) is 16.9. The van der Waals surface area contributed by atoms with E-state index in [4.69, 9.17) is 4.74 Å². The van der Waals surface area contributed by atoms with Crippen molar-refractivity contribution in [1.82, 2.24) is 0 Å². The van der Waals surface area contributed by atoms with Crippen LogP contribution in [0.25, 0.3) is 0 Å². The fraction of sp³-hybridized carbons (Fsp3) is 0.688. The molecular weight excluding hydrogens is 224 g/mol. The Kier molecular flexibility index (Phi) is 11.7. The molecule has 0 radical (unpaired) electrons. The van der Waals surface area contributed by atoms with Crippen LogP contribution < -0.4 is 0 Å². The first-order valence-electron chi connectivity index (χ1n) is 7.14. The Balaban J connectivity index is 3.35. The zero-order valence-electron chi connectivity index (χ0n) is 12.2. The number of unbranched alkanes of at least 4 members (excludes halogenated alkanes) is 4. The van der Waals surface area contributed by atoms with Crippen LogP contribution >= 0.6 is 0 Å². The van der Waals surface area contributed by atoms with E-state index in [2.05, 4.69) is 31.2 Å². The third kappa shape index (κ3) is 13.0. The van der Waals surface area contributed by atoms with E-state index in [0.717, 1.165) is 12.8 Å². The molecule has 1 unspecified atom stereocenters. The lowest BCUT2D eigenvalue weighted by Crippen LogP contribution is -2.10. The number of carbonyl (C=O) groups is 1. The van der Waals surface area contributed by atoms with Crippen LogP contribution in [-0.2, 0) is 9.53 Å². The molecule has 0 aromatic heterocycles. The Morgan fingerprint density at radius 3 is 2.17 bits per heavy atom. The summed E-state index contributed by atoms with van der Waals surface area (Å²) in [7, 11) is 0. The SMILES string of the molecule is CCCC=CCCCC/C=C/CC(C)OC(C)=O. The van der Waals surface area contributed by atoms with Crippen LogP contribution in [0.1, 0.15) is 65.7 Å². The molecule has 104 valence electrons. The second-order valence-electron chi connectivity index (χ2n) is 4.67. The van der Waals surface area contributed by atoms with Crippen molar-refractivity contribution in [3.63, 3.8) is 0 Å². The molecule has 0 aliphatic rings. The van der Waals surface area contributed by atoms with Gasteiger partial charge in [0.25, 0.3) is 0 Å². The van der Waals surface area contributed by atoms with Gasteiger partial charge in [-0.25, -0.2) is 0 Å². The monoisotopic (exact) mass is 252 g/mol. The fourth-order valence-corrected chi connectivity index (χ4v) is 1.66. The molecule has 1 atom stereocenters. The van der Waals surface area contributed by atoms with Crippen molar-refractivity contribution in [2.45, 2.75) is 71.8 Å². The first kappa shape index (κ1) is 16.9. The molecule has 0 rings (SSSR count). The maximum absolute atomic E-state index is 10.7. The van der Waals surface area contributed by atoms with Crippen molar-refractivity contribution in [2.24, 2.45) is 0 Å². The minimum atomic E-state index is -0.199. The minimum Gasteiger partial charge on any atom is -0.463 e. The van der Waals surface area contributed by atoms with Gasteiger partial charge in [-0.2, -0.15) is 0 Å². The average molecular weight is 252 g/mol. The molecule has 0 spiro atoms. The second-order valence-corrected chi connectivity index (χ2v) is 4.67. The van der Waals surface area contributed by atoms with E-state index in [1.807, 2.05) is 6.92 Å². The number of hydrogen-bond acceptors (Lipinski definition) is 2. The molecule has 0 aliphatic heterocycles. The summed E-state index contributed by atoms with van der Waals surface area (Å²) >= 11 is 0. The summed E-state index contributed by atoms with van der Waals surface area (Å²) in [5.74, 6) is -0.199. The quantitative estimate of drug-likeness (QED) is 0.317. The summed E-state index contributed by atoms with van der Waals surface area (Å²) in [6, 6.07) is 0. The fourth-order valence-electron chi connectivity index (χ4n) is 1.66. The van der Waals surface area contributed by atoms with Crippen molar-refractivity contribution in [3.8, 4) is 0 Å². The standard InChI is InChI=1S/C16H28O2/c1-4-5-6-7-8-9-10-11-12-13-14-15(2)18-16(3)17/h6-7,12-13,15H,4-5,8-11,14H2,1-3H3/b7-6?,13-12+. The summed E-state index contributed by atoms with van der Waals surface area (Å²) in [5, 5.41) is 0. The first-order chi connectivity index (χ1) is 8.66. The minimum absolute atomic E-state index is 0.00396. The van der Waals surface area contributed by atoms with Crippen LogP contribution in [0.3, 0.4) is 0 Å². The molecule has 0 aliphatic carbocycles. The van der Waals surface area contributed by atoms with Gasteiger partial charge >= 0.3 is 5.97 Å². The molecule has 0 heterocycles. The predicted octanol–water partition coefficient (Wildman–Crippen LogP) is 4.80. The molecule has 0 N–H and O–H groups in total. The molecule has 0 saturated heterocycles. The molecule has 0 saturated carbocycles. The maximum Gasteiger partial charge on any atom is 0.302 e. The highest BCUT2D eigenvalue weighted by molar-refractivity contribution is 5.66. The Hall–Kier alpha value is -1.05. The van der Waals surface area contributed by atoms with E-state index >= 15 is 0 Å². The van der Waals surface area contributed by atoms with Crippen molar-refractivity contribution < 1.29 is 9.53 Å². The van der Waals surface area contributed by atoms with Crippen molar-refractivity contribution >= 4 is 5.97 Å². The van der Waals surface area contributed by atoms with Crippen molar-refractivity contribution in [3.05, 3.63) is 24.3 Å². The lowest BCUT2D eigenvalue weighted by Gasteiger charge is -2.08. The Morgan fingerprint density at radius 2 is 1.61 bits per heavy atom. The van der Waals surface area contributed by atoms with Gasteiger partial charge in [0.05, 0.1) is 0 Å². The van der Waals surface area contributed by atoms with Gasteiger partial charge in [0.1, 0.15) is 6.10 Å². The zero-order chi connectivity index (χ0) is 13.6. The second kappa shape index (κ2) is 12.4. The maximum atomic E-state index is 10.7. The van der Waals surface area contributed by atoms with Gasteiger partial charge < -0.3 is 4.74 Å². The molecular formula is C16H28O2. The number of hydrogen-bond donors (Lipinski definition) is 0. The molecule has 0 fully saturated rings. The summed E-state index contributed by atoms with van der Waals surface area (Å²) in [6.45, 7) is 5.57. The largest absolute Gasteiger partial charge is 0.463 e.